The highest BCUT2D eigenvalue weighted by Crippen LogP contribution is 2.03. The van der Waals surface area contributed by atoms with Crippen molar-refractivity contribution in [3.05, 3.63) is 18.7 Å². The zero-order valence-electron chi connectivity index (χ0n) is 8.41. The molecular weight excluding hydrogens is 200 g/mol. The third-order valence-corrected chi connectivity index (χ3v) is 2.25. The molecule has 0 aliphatic heterocycles. The SMILES string of the molecule is C[C@@H](C(=O)[O-])n1cc[n+]([C@@H](C)C(=O)[O-])c1. The third-order valence-electron chi connectivity index (χ3n) is 2.25. The monoisotopic (exact) mass is 211 g/mol. The maximum absolute atomic E-state index is 10.5. The van der Waals surface area contributed by atoms with E-state index >= 15 is 0 Å². The Morgan fingerprint density at radius 2 is 1.87 bits per heavy atom. The molecule has 0 saturated carbocycles. The summed E-state index contributed by atoms with van der Waals surface area (Å²) in [5, 5.41) is 21.1. The van der Waals surface area contributed by atoms with Crippen LogP contribution in [0.3, 0.4) is 0 Å². The van der Waals surface area contributed by atoms with Gasteiger partial charge in [-0.3, -0.25) is 0 Å². The lowest BCUT2D eigenvalue weighted by atomic mass is 10.3. The highest BCUT2D eigenvalue weighted by Gasteiger charge is 2.16. The van der Waals surface area contributed by atoms with E-state index in [2.05, 4.69) is 0 Å². The van der Waals surface area contributed by atoms with Gasteiger partial charge in [-0.1, -0.05) is 0 Å². The van der Waals surface area contributed by atoms with Gasteiger partial charge < -0.3 is 19.8 Å². The van der Waals surface area contributed by atoms with E-state index in [0.717, 1.165) is 0 Å². The number of hydrogen-bond donors (Lipinski definition) is 0. The quantitative estimate of drug-likeness (QED) is 0.511. The molecule has 6 nitrogen and oxygen atoms in total. The first kappa shape index (κ1) is 11.2. The Kier molecular flexibility index (Phi) is 3.08. The molecule has 0 aromatic carbocycles. The molecule has 2 atom stereocenters. The van der Waals surface area contributed by atoms with E-state index in [1.165, 1.54) is 41.7 Å². The third kappa shape index (κ3) is 2.34. The average molecular weight is 211 g/mol. The molecule has 0 aliphatic carbocycles. The maximum atomic E-state index is 10.5. The van der Waals surface area contributed by atoms with Gasteiger partial charge in [-0.2, -0.15) is 0 Å². The van der Waals surface area contributed by atoms with Crippen molar-refractivity contribution in [1.82, 2.24) is 4.57 Å². The summed E-state index contributed by atoms with van der Waals surface area (Å²) in [6.07, 6.45) is 4.33. The number of carbonyl (C=O) groups excluding carboxylic acids is 2. The van der Waals surface area contributed by atoms with Crippen molar-refractivity contribution in [2.45, 2.75) is 25.9 Å². The number of carboxylic acid groups (broad SMARTS) is 2. The number of rotatable bonds is 4. The van der Waals surface area contributed by atoms with Crippen molar-refractivity contribution in [2.75, 3.05) is 0 Å². The van der Waals surface area contributed by atoms with Gasteiger partial charge in [-0.15, -0.1) is 0 Å². The molecule has 6 heteroatoms. The van der Waals surface area contributed by atoms with Gasteiger partial charge in [0, 0.05) is 0 Å². The molecule has 0 aliphatic rings. The van der Waals surface area contributed by atoms with Gasteiger partial charge in [0.15, 0.2) is 0 Å². The standard InChI is InChI=1S/C9H12N2O4/c1-6(8(12)13)10-3-4-11(5-10)7(2)9(14)15/h3-7H,1-2H3,(H-,12,13,14,15)/p-1/t6-,7-/m0/s1. The van der Waals surface area contributed by atoms with Gasteiger partial charge in [-0.25, -0.2) is 9.13 Å². The van der Waals surface area contributed by atoms with Crippen LogP contribution in [0.15, 0.2) is 18.7 Å². The van der Waals surface area contributed by atoms with Crippen LogP contribution >= 0.6 is 0 Å². The number of nitrogens with zero attached hydrogens (tertiary/aromatic N) is 2. The Bertz CT molecular complexity index is 351. The van der Waals surface area contributed by atoms with Gasteiger partial charge in [-0.05, 0) is 13.8 Å². The summed E-state index contributed by atoms with van der Waals surface area (Å²) < 4.78 is 2.71. The van der Waals surface area contributed by atoms with Crippen LogP contribution < -0.4 is 14.8 Å². The van der Waals surface area contributed by atoms with E-state index < -0.39 is 24.0 Å². The number of aliphatic carboxylic acids is 2. The first-order chi connectivity index (χ1) is 6.93. The fraction of sp³-hybridized carbons (Fsp3) is 0.444. The second kappa shape index (κ2) is 4.12. The minimum absolute atomic E-state index is 0.833. The molecule has 15 heavy (non-hydrogen) atoms. The fourth-order valence-electron chi connectivity index (χ4n) is 1.09. The summed E-state index contributed by atoms with van der Waals surface area (Å²) in [5.41, 5.74) is 0. The minimum Gasteiger partial charge on any atom is -0.546 e. The smallest absolute Gasteiger partial charge is 0.244 e. The first-order valence-corrected chi connectivity index (χ1v) is 4.43. The highest BCUT2D eigenvalue weighted by molar-refractivity contribution is 5.69. The predicted octanol–water partition coefficient (Wildman–Crippen LogP) is -2.60. The molecule has 1 aromatic rings. The molecule has 0 saturated heterocycles. The van der Waals surface area contributed by atoms with Crippen molar-refractivity contribution in [2.24, 2.45) is 0 Å². The van der Waals surface area contributed by atoms with Crippen LogP contribution in [0.1, 0.15) is 25.9 Å². The summed E-state index contributed by atoms with van der Waals surface area (Å²) in [7, 11) is 0. The first-order valence-electron chi connectivity index (χ1n) is 4.43. The summed E-state index contributed by atoms with van der Waals surface area (Å²) in [4.78, 5) is 21.1. The van der Waals surface area contributed by atoms with E-state index in [1.807, 2.05) is 0 Å². The maximum Gasteiger partial charge on any atom is 0.244 e. The van der Waals surface area contributed by atoms with E-state index in [-0.39, 0.29) is 0 Å². The van der Waals surface area contributed by atoms with Gasteiger partial charge in [0.2, 0.25) is 6.33 Å². The number of carboxylic acids is 2. The lowest BCUT2D eigenvalue weighted by molar-refractivity contribution is -0.712. The van der Waals surface area contributed by atoms with Crippen molar-refractivity contribution in [3.63, 3.8) is 0 Å². The molecule has 0 radical (unpaired) electrons. The summed E-state index contributed by atoms with van der Waals surface area (Å²) >= 11 is 0. The molecule has 0 spiro atoms. The van der Waals surface area contributed by atoms with Crippen LogP contribution in [0.5, 0.6) is 0 Å². The summed E-state index contributed by atoms with van der Waals surface area (Å²) in [6.45, 7) is 2.90. The number of hydrogen-bond acceptors (Lipinski definition) is 4. The average Bonchev–Trinajstić information content (AvgIpc) is 2.63. The summed E-state index contributed by atoms with van der Waals surface area (Å²) in [6, 6.07) is -1.67. The minimum atomic E-state index is -1.22. The molecule has 0 fully saturated rings. The lowest BCUT2D eigenvalue weighted by Gasteiger charge is -2.09. The van der Waals surface area contributed by atoms with E-state index in [1.54, 1.807) is 0 Å². The lowest BCUT2D eigenvalue weighted by Crippen LogP contribution is -2.46. The molecule has 82 valence electrons. The van der Waals surface area contributed by atoms with Crippen molar-refractivity contribution >= 4 is 11.9 Å². The van der Waals surface area contributed by atoms with Crippen molar-refractivity contribution < 1.29 is 24.4 Å². The topological polar surface area (TPSA) is 89.1 Å². The van der Waals surface area contributed by atoms with Crippen LogP contribution in [0.25, 0.3) is 0 Å². The number of aromatic nitrogens is 2. The second-order valence-corrected chi connectivity index (χ2v) is 3.30. The molecule has 1 aromatic heterocycles. The predicted molar refractivity (Wildman–Crippen MR) is 44.1 cm³/mol. The zero-order valence-corrected chi connectivity index (χ0v) is 8.41. The van der Waals surface area contributed by atoms with E-state index in [0.29, 0.717) is 0 Å². The van der Waals surface area contributed by atoms with Crippen LogP contribution in [-0.4, -0.2) is 16.5 Å². The second-order valence-electron chi connectivity index (χ2n) is 3.30. The molecule has 0 unspecified atom stereocenters. The molecule has 1 rings (SSSR count). The van der Waals surface area contributed by atoms with Gasteiger partial charge in [0.25, 0.3) is 0 Å². The van der Waals surface area contributed by atoms with Crippen LogP contribution in [0.4, 0.5) is 0 Å². The molecule has 1 heterocycles. The normalized spacial score (nSPS) is 14.5. The largest absolute Gasteiger partial charge is 0.546 e. The summed E-state index contributed by atoms with van der Waals surface area (Å²) in [5.74, 6) is -2.45. The van der Waals surface area contributed by atoms with E-state index in [4.69, 9.17) is 0 Å². The molecule has 0 N–H and O–H groups in total. The highest BCUT2D eigenvalue weighted by atomic mass is 16.4. The Labute approximate surface area is 86.4 Å². The number of carbonyl (C=O) groups is 2. The van der Waals surface area contributed by atoms with E-state index in [9.17, 15) is 19.8 Å². The Morgan fingerprint density at radius 3 is 2.33 bits per heavy atom. The van der Waals surface area contributed by atoms with Crippen molar-refractivity contribution in [3.8, 4) is 0 Å². The molecule has 0 amide bonds. The number of imidazole rings is 1. The van der Waals surface area contributed by atoms with Crippen molar-refractivity contribution in [1.29, 1.82) is 0 Å². The molecule has 0 bridgehead atoms. The fourth-order valence-corrected chi connectivity index (χ4v) is 1.09. The van der Waals surface area contributed by atoms with Crippen LogP contribution in [0, 0.1) is 0 Å². The zero-order chi connectivity index (χ0) is 11.6. The molecular formula is C9H11N2O4-. The van der Waals surface area contributed by atoms with Gasteiger partial charge >= 0.3 is 0 Å². The Hall–Kier alpha value is -1.85. The van der Waals surface area contributed by atoms with Gasteiger partial charge in [0.1, 0.15) is 24.5 Å². The van der Waals surface area contributed by atoms with Crippen LogP contribution in [-0.2, 0) is 9.59 Å². The Balaban J connectivity index is 2.89. The van der Waals surface area contributed by atoms with Crippen LogP contribution in [0.2, 0.25) is 0 Å². The van der Waals surface area contributed by atoms with Gasteiger partial charge in [0.05, 0.1) is 11.9 Å². The Morgan fingerprint density at radius 1 is 1.27 bits per heavy atom.